The molecule has 18 heavy (non-hydrogen) atoms. The van der Waals surface area contributed by atoms with Crippen molar-refractivity contribution in [1.29, 1.82) is 5.26 Å². The highest BCUT2D eigenvalue weighted by Gasteiger charge is 2.38. The Labute approximate surface area is 109 Å². The first-order valence-electron chi connectivity index (χ1n) is 6.41. The maximum Gasteiger partial charge on any atom is 0.242 e. The first-order valence-corrected chi connectivity index (χ1v) is 6.41. The van der Waals surface area contributed by atoms with Gasteiger partial charge in [-0.2, -0.15) is 5.26 Å². The minimum absolute atomic E-state index is 0.261. The maximum absolute atomic E-state index is 12.2. The molecule has 1 atom stereocenters. The lowest BCUT2D eigenvalue weighted by Gasteiger charge is -2.26. The summed E-state index contributed by atoms with van der Waals surface area (Å²) in [5.74, 6) is -0.604. The second-order valence-corrected chi connectivity index (χ2v) is 4.50. The monoisotopic (exact) mass is 253 g/mol. The van der Waals surface area contributed by atoms with E-state index in [1.807, 2.05) is 13.8 Å². The molecule has 0 saturated heterocycles. The second-order valence-electron chi connectivity index (χ2n) is 4.50. The first-order chi connectivity index (χ1) is 8.47. The molecular weight excluding hydrogens is 230 g/mol. The topological polar surface area (TPSA) is 82.0 Å². The molecule has 0 aliphatic rings. The van der Waals surface area contributed by atoms with E-state index < -0.39 is 11.5 Å². The first kappa shape index (κ1) is 16.4. The van der Waals surface area contributed by atoms with E-state index in [0.717, 1.165) is 12.8 Å². The van der Waals surface area contributed by atoms with E-state index in [-0.39, 0.29) is 11.8 Å². The largest absolute Gasteiger partial charge is 0.357 e. The normalized spacial score (nSPS) is 12.4. The second kappa shape index (κ2) is 7.70. The van der Waals surface area contributed by atoms with Crippen LogP contribution in [0.5, 0.6) is 0 Å². The van der Waals surface area contributed by atoms with E-state index in [2.05, 4.69) is 16.7 Å². The fourth-order valence-corrected chi connectivity index (χ4v) is 1.99. The van der Waals surface area contributed by atoms with Gasteiger partial charge in [-0.05, 0) is 19.8 Å². The van der Waals surface area contributed by atoms with Crippen LogP contribution in [-0.2, 0) is 9.59 Å². The van der Waals surface area contributed by atoms with Crippen molar-refractivity contribution in [3.05, 3.63) is 0 Å². The van der Waals surface area contributed by atoms with Gasteiger partial charge in [-0.25, -0.2) is 0 Å². The van der Waals surface area contributed by atoms with Crippen LogP contribution in [0.15, 0.2) is 0 Å². The van der Waals surface area contributed by atoms with Gasteiger partial charge < -0.3 is 10.6 Å². The third kappa shape index (κ3) is 4.02. The molecule has 0 bridgehead atoms. The molecule has 0 rings (SSSR count). The van der Waals surface area contributed by atoms with Gasteiger partial charge in [0.2, 0.25) is 11.8 Å². The fraction of sp³-hybridized carbons (Fsp3) is 0.769. The summed E-state index contributed by atoms with van der Waals surface area (Å²) in [5.41, 5.74) is -1.01. The number of carbonyl (C=O) groups is 2. The van der Waals surface area contributed by atoms with Crippen molar-refractivity contribution in [2.24, 2.45) is 5.41 Å². The predicted molar refractivity (Wildman–Crippen MR) is 69.5 cm³/mol. The smallest absolute Gasteiger partial charge is 0.242 e. The molecule has 5 nitrogen and oxygen atoms in total. The molecule has 0 fully saturated rings. The minimum Gasteiger partial charge on any atom is -0.357 e. The zero-order chi connectivity index (χ0) is 14.2. The van der Waals surface area contributed by atoms with Gasteiger partial charge >= 0.3 is 0 Å². The van der Waals surface area contributed by atoms with Gasteiger partial charge in [0.25, 0.3) is 0 Å². The Morgan fingerprint density at radius 3 is 2.11 bits per heavy atom. The maximum atomic E-state index is 12.2. The summed E-state index contributed by atoms with van der Waals surface area (Å²) < 4.78 is 0. The minimum atomic E-state index is -1.01. The van der Waals surface area contributed by atoms with Crippen LogP contribution in [0.1, 0.15) is 46.5 Å². The van der Waals surface area contributed by atoms with Crippen LogP contribution in [-0.4, -0.2) is 24.9 Å². The predicted octanol–water partition coefficient (Wildman–Crippen LogP) is 1.35. The quantitative estimate of drug-likeness (QED) is 0.718. The number of rotatable bonds is 7. The summed E-state index contributed by atoms with van der Waals surface area (Å²) in [4.78, 5) is 23.6. The van der Waals surface area contributed by atoms with E-state index in [1.165, 1.54) is 7.05 Å². The Hall–Kier alpha value is -1.57. The lowest BCUT2D eigenvalue weighted by Crippen LogP contribution is -2.49. The molecule has 0 radical (unpaired) electrons. The Balaban J connectivity index is 4.87. The average Bonchev–Trinajstić information content (AvgIpc) is 2.36. The SMILES string of the molecule is CCCC(C#N)(CCC)C(=O)NC(C)C(=O)NC. The fourth-order valence-electron chi connectivity index (χ4n) is 1.99. The molecule has 0 aromatic rings. The number of hydrogen-bond donors (Lipinski definition) is 2. The number of amides is 2. The molecule has 0 heterocycles. The van der Waals surface area contributed by atoms with Gasteiger partial charge in [0.1, 0.15) is 11.5 Å². The standard InChI is InChI=1S/C13H23N3O2/c1-5-7-13(9-14,8-6-2)12(18)16-10(3)11(17)15-4/h10H,5-8H2,1-4H3,(H,15,17)(H,16,18). The summed E-state index contributed by atoms with van der Waals surface area (Å²) >= 11 is 0. The molecule has 0 aliphatic heterocycles. The molecule has 0 aliphatic carbocycles. The summed E-state index contributed by atoms with van der Waals surface area (Å²) in [6, 6.07) is 1.51. The Bertz CT molecular complexity index is 328. The van der Waals surface area contributed by atoms with Crippen LogP contribution in [0, 0.1) is 16.7 Å². The van der Waals surface area contributed by atoms with Crippen LogP contribution >= 0.6 is 0 Å². The van der Waals surface area contributed by atoms with E-state index in [4.69, 9.17) is 0 Å². The molecule has 0 aromatic carbocycles. The van der Waals surface area contributed by atoms with Crippen molar-refractivity contribution < 1.29 is 9.59 Å². The van der Waals surface area contributed by atoms with Gasteiger partial charge in [0.05, 0.1) is 6.07 Å². The van der Waals surface area contributed by atoms with E-state index >= 15 is 0 Å². The van der Waals surface area contributed by atoms with Crippen LogP contribution in [0.25, 0.3) is 0 Å². The average molecular weight is 253 g/mol. The molecular formula is C13H23N3O2. The van der Waals surface area contributed by atoms with Gasteiger partial charge in [-0.3, -0.25) is 9.59 Å². The Morgan fingerprint density at radius 2 is 1.78 bits per heavy atom. The third-order valence-corrected chi connectivity index (χ3v) is 2.99. The van der Waals surface area contributed by atoms with Crippen LogP contribution in [0.3, 0.4) is 0 Å². The van der Waals surface area contributed by atoms with Crippen LogP contribution in [0.4, 0.5) is 0 Å². The van der Waals surface area contributed by atoms with Crippen molar-refractivity contribution in [2.45, 2.75) is 52.5 Å². The van der Waals surface area contributed by atoms with E-state index in [0.29, 0.717) is 12.8 Å². The Morgan fingerprint density at radius 1 is 1.28 bits per heavy atom. The van der Waals surface area contributed by atoms with Gasteiger partial charge in [-0.15, -0.1) is 0 Å². The zero-order valence-corrected chi connectivity index (χ0v) is 11.7. The van der Waals surface area contributed by atoms with Crippen molar-refractivity contribution >= 4 is 11.8 Å². The molecule has 1 unspecified atom stereocenters. The lowest BCUT2D eigenvalue weighted by atomic mass is 9.79. The molecule has 2 N–H and O–H groups in total. The number of carbonyl (C=O) groups excluding carboxylic acids is 2. The van der Waals surface area contributed by atoms with Crippen LogP contribution < -0.4 is 10.6 Å². The highest BCUT2D eigenvalue weighted by molar-refractivity contribution is 5.91. The summed E-state index contributed by atoms with van der Waals surface area (Å²) in [7, 11) is 1.51. The summed E-state index contributed by atoms with van der Waals surface area (Å²) in [6.07, 6.45) is 2.55. The highest BCUT2D eigenvalue weighted by Crippen LogP contribution is 2.29. The highest BCUT2D eigenvalue weighted by atomic mass is 16.2. The number of nitrogens with zero attached hydrogens (tertiary/aromatic N) is 1. The number of nitrogens with one attached hydrogen (secondary N) is 2. The number of hydrogen-bond acceptors (Lipinski definition) is 3. The third-order valence-electron chi connectivity index (χ3n) is 2.99. The zero-order valence-electron chi connectivity index (χ0n) is 11.7. The Kier molecular flexibility index (Phi) is 7.03. The van der Waals surface area contributed by atoms with Crippen molar-refractivity contribution in [3.8, 4) is 6.07 Å². The van der Waals surface area contributed by atoms with Gasteiger partial charge in [0, 0.05) is 7.05 Å². The summed E-state index contributed by atoms with van der Waals surface area (Å²) in [6.45, 7) is 5.49. The van der Waals surface area contributed by atoms with E-state index in [9.17, 15) is 14.9 Å². The lowest BCUT2D eigenvalue weighted by molar-refractivity contribution is -0.133. The van der Waals surface area contributed by atoms with Crippen LogP contribution in [0.2, 0.25) is 0 Å². The number of likely N-dealkylation sites (N-methyl/N-ethyl adjacent to an activating group) is 1. The van der Waals surface area contributed by atoms with Crippen molar-refractivity contribution in [1.82, 2.24) is 10.6 Å². The molecule has 0 spiro atoms. The van der Waals surface area contributed by atoms with E-state index in [1.54, 1.807) is 6.92 Å². The molecule has 0 aromatic heterocycles. The molecule has 102 valence electrons. The molecule has 5 heteroatoms. The summed E-state index contributed by atoms with van der Waals surface area (Å²) in [5, 5.41) is 14.4. The molecule has 2 amide bonds. The molecule has 0 saturated carbocycles. The van der Waals surface area contributed by atoms with Crippen molar-refractivity contribution in [2.75, 3.05) is 7.05 Å². The van der Waals surface area contributed by atoms with Crippen molar-refractivity contribution in [3.63, 3.8) is 0 Å². The number of nitriles is 1. The van der Waals surface area contributed by atoms with Gasteiger partial charge in [0.15, 0.2) is 0 Å². The van der Waals surface area contributed by atoms with Gasteiger partial charge in [-0.1, -0.05) is 26.7 Å².